The van der Waals surface area contributed by atoms with Gasteiger partial charge in [-0.05, 0) is 37.5 Å². The second-order valence-electron chi connectivity index (χ2n) is 9.00. The van der Waals surface area contributed by atoms with E-state index in [1.165, 1.54) is 12.8 Å². The van der Waals surface area contributed by atoms with Crippen molar-refractivity contribution in [1.82, 2.24) is 19.8 Å². The molecule has 28 heavy (non-hydrogen) atoms. The molecule has 4 rings (SSSR count). The highest BCUT2D eigenvalue weighted by atomic mass is 16.5. The van der Waals surface area contributed by atoms with Gasteiger partial charge in [0, 0.05) is 51.8 Å². The fourth-order valence-electron chi connectivity index (χ4n) is 4.68. The summed E-state index contributed by atoms with van der Waals surface area (Å²) >= 11 is 0. The number of hydrogen-bond donors (Lipinski definition) is 1. The standard InChI is InChI=1S/C21H34N4O3/c1-16(2)13-23-19(26)18-15-25-10-7-22-20(25)21(28-18)5-8-24(9-6-21)14-17-3-11-27-12-4-17/h7,10,16-18H,3-6,8-9,11-15H2,1-2H3,(H,23,26). The maximum atomic E-state index is 12.7. The van der Waals surface area contributed by atoms with E-state index in [-0.39, 0.29) is 5.91 Å². The second-order valence-corrected chi connectivity index (χ2v) is 9.00. The van der Waals surface area contributed by atoms with Crippen LogP contribution in [0.3, 0.4) is 0 Å². The van der Waals surface area contributed by atoms with Crippen molar-refractivity contribution in [3.05, 3.63) is 18.2 Å². The number of carbonyl (C=O) groups is 1. The summed E-state index contributed by atoms with van der Waals surface area (Å²) in [6, 6.07) is 0. The zero-order chi connectivity index (χ0) is 19.6. The fraction of sp³-hybridized carbons (Fsp3) is 0.810. The first kappa shape index (κ1) is 19.9. The SMILES string of the molecule is CC(C)CNC(=O)C1Cn2ccnc2C2(CCN(CC3CCOCC3)CC2)O1. The predicted octanol–water partition coefficient (Wildman–Crippen LogP) is 1.77. The Hall–Kier alpha value is -1.44. The molecule has 2 saturated heterocycles. The van der Waals surface area contributed by atoms with E-state index in [1.807, 2.05) is 12.4 Å². The van der Waals surface area contributed by atoms with Gasteiger partial charge in [0.15, 0.2) is 6.10 Å². The number of imidazole rings is 1. The molecule has 7 nitrogen and oxygen atoms in total. The molecule has 1 aromatic rings. The van der Waals surface area contributed by atoms with Crippen molar-refractivity contribution < 1.29 is 14.3 Å². The summed E-state index contributed by atoms with van der Waals surface area (Å²) in [6.07, 6.45) is 7.49. The molecular formula is C21H34N4O3. The van der Waals surface area contributed by atoms with Crippen molar-refractivity contribution in [2.45, 2.75) is 57.8 Å². The van der Waals surface area contributed by atoms with Crippen molar-refractivity contribution in [3.63, 3.8) is 0 Å². The molecular weight excluding hydrogens is 356 g/mol. The molecule has 1 aromatic heterocycles. The summed E-state index contributed by atoms with van der Waals surface area (Å²) in [5.74, 6) is 2.16. The van der Waals surface area contributed by atoms with Crippen LogP contribution >= 0.6 is 0 Å². The maximum Gasteiger partial charge on any atom is 0.251 e. The van der Waals surface area contributed by atoms with Gasteiger partial charge in [-0.2, -0.15) is 0 Å². The first-order valence-corrected chi connectivity index (χ1v) is 10.8. The van der Waals surface area contributed by atoms with Gasteiger partial charge >= 0.3 is 0 Å². The van der Waals surface area contributed by atoms with Crippen LogP contribution in [0.5, 0.6) is 0 Å². The minimum absolute atomic E-state index is 0.00272. The second kappa shape index (κ2) is 8.51. The van der Waals surface area contributed by atoms with Gasteiger partial charge in [0.2, 0.25) is 0 Å². The molecule has 1 atom stereocenters. The highest BCUT2D eigenvalue weighted by molar-refractivity contribution is 5.80. The highest BCUT2D eigenvalue weighted by Crippen LogP contribution is 2.40. The zero-order valence-electron chi connectivity index (χ0n) is 17.2. The number of ether oxygens (including phenoxy) is 2. The van der Waals surface area contributed by atoms with Crippen LogP contribution in [0.4, 0.5) is 0 Å². The van der Waals surface area contributed by atoms with E-state index in [1.54, 1.807) is 0 Å². The minimum Gasteiger partial charge on any atom is -0.381 e. The Morgan fingerprint density at radius 1 is 1.32 bits per heavy atom. The van der Waals surface area contributed by atoms with E-state index in [0.717, 1.165) is 57.4 Å². The Morgan fingerprint density at radius 3 is 2.79 bits per heavy atom. The van der Waals surface area contributed by atoms with Gasteiger partial charge in [0.1, 0.15) is 11.4 Å². The fourth-order valence-corrected chi connectivity index (χ4v) is 4.68. The van der Waals surface area contributed by atoms with Gasteiger partial charge in [-0.3, -0.25) is 4.79 Å². The molecule has 1 amide bonds. The maximum absolute atomic E-state index is 12.7. The molecule has 3 aliphatic heterocycles. The first-order valence-electron chi connectivity index (χ1n) is 10.8. The summed E-state index contributed by atoms with van der Waals surface area (Å²) < 4.78 is 14.1. The van der Waals surface area contributed by atoms with E-state index in [4.69, 9.17) is 9.47 Å². The van der Waals surface area contributed by atoms with Crippen LogP contribution in [-0.4, -0.2) is 65.9 Å². The van der Waals surface area contributed by atoms with Crippen LogP contribution in [0, 0.1) is 11.8 Å². The molecule has 0 bridgehead atoms. The quantitative estimate of drug-likeness (QED) is 0.830. The molecule has 0 radical (unpaired) electrons. The zero-order valence-corrected chi connectivity index (χ0v) is 17.2. The highest BCUT2D eigenvalue weighted by Gasteiger charge is 2.47. The van der Waals surface area contributed by atoms with Gasteiger partial charge in [-0.1, -0.05) is 13.8 Å². The van der Waals surface area contributed by atoms with Gasteiger partial charge < -0.3 is 24.3 Å². The van der Waals surface area contributed by atoms with Crippen molar-refractivity contribution in [2.24, 2.45) is 11.8 Å². The van der Waals surface area contributed by atoms with E-state index >= 15 is 0 Å². The average molecular weight is 391 g/mol. The molecule has 3 aliphatic rings. The molecule has 4 heterocycles. The molecule has 0 aromatic carbocycles. The van der Waals surface area contributed by atoms with Crippen molar-refractivity contribution in [2.75, 3.05) is 39.4 Å². The topological polar surface area (TPSA) is 68.6 Å². The van der Waals surface area contributed by atoms with E-state index in [2.05, 4.69) is 33.6 Å². The number of amides is 1. The molecule has 2 fully saturated rings. The average Bonchev–Trinajstić information content (AvgIpc) is 3.18. The lowest BCUT2D eigenvalue weighted by molar-refractivity contribution is -0.174. The lowest BCUT2D eigenvalue weighted by Crippen LogP contribution is -2.54. The van der Waals surface area contributed by atoms with Gasteiger partial charge in [-0.15, -0.1) is 0 Å². The monoisotopic (exact) mass is 390 g/mol. The number of aromatic nitrogens is 2. The van der Waals surface area contributed by atoms with Gasteiger partial charge in [0.05, 0.1) is 6.54 Å². The van der Waals surface area contributed by atoms with Crippen LogP contribution < -0.4 is 5.32 Å². The van der Waals surface area contributed by atoms with Crippen LogP contribution in [0.2, 0.25) is 0 Å². The van der Waals surface area contributed by atoms with Crippen molar-refractivity contribution in [1.29, 1.82) is 0 Å². The summed E-state index contributed by atoms with van der Waals surface area (Å²) in [4.78, 5) is 19.9. The van der Waals surface area contributed by atoms with E-state index in [9.17, 15) is 4.79 Å². The Kier molecular flexibility index (Phi) is 6.04. The van der Waals surface area contributed by atoms with Crippen LogP contribution in [0.15, 0.2) is 12.4 Å². The van der Waals surface area contributed by atoms with Crippen molar-refractivity contribution in [3.8, 4) is 0 Å². The molecule has 7 heteroatoms. The van der Waals surface area contributed by atoms with Gasteiger partial charge in [-0.25, -0.2) is 4.98 Å². The van der Waals surface area contributed by atoms with Crippen LogP contribution in [-0.2, 0) is 26.4 Å². The molecule has 1 unspecified atom stereocenters. The smallest absolute Gasteiger partial charge is 0.251 e. The number of fused-ring (bicyclic) bond motifs is 2. The Labute approximate surface area is 167 Å². The third kappa shape index (κ3) is 4.26. The van der Waals surface area contributed by atoms with Crippen LogP contribution in [0.25, 0.3) is 0 Å². The Bertz CT molecular complexity index is 660. The number of carbonyl (C=O) groups excluding carboxylic acids is 1. The summed E-state index contributed by atoms with van der Waals surface area (Å²) in [5, 5.41) is 3.04. The number of rotatable bonds is 5. The largest absolute Gasteiger partial charge is 0.381 e. The van der Waals surface area contributed by atoms with Crippen LogP contribution in [0.1, 0.15) is 45.4 Å². The Morgan fingerprint density at radius 2 is 2.07 bits per heavy atom. The number of nitrogens with one attached hydrogen (secondary N) is 1. The summed E-state index contributed by atoms with van der Waals surface area (Å²) in [6.45, 7) is 10.4. The number of piperidine rings is 1. The lowest BCUT2D eigenvalue weighted by atomic mass is 9.87. The third-order valence-corrected chi connectivity index (χ3v) is 6.35. The molecule has 0 saturated carbocycles. The van der Waals surface area contributed by atoms with E-state index < -0.39 is 11.7 Å². The molecule has 0 aliphatic carbocycles. The third-order valence-electron chi connectivity index (χ3n) is 6.35. The summed E-state index contributed by atoms with van der Waals surface area (Å²) in [5.41, 5.74) is -0.437. The van der Waals surface area contributed by atoms with E-state index in [0.29, 0.717) is 19.0 Å². The summed E-state index contributed by atoms with van der Waals surface area (Å²) in [7, 11) is 0. The first-order chi connectivity index (χ1) is 13.6. The number of likely N-dealkylation sites (tertiary alicyclic amines) is 1. The normalized spacial score (nSPS) is 25.8. The van der Waals surface area contributed by atoms with Gasteiger partial charge in [0.25, 0.3) is 5.91 Å². The molecule has 1 spiro atoms. The lowest BCUT2D eigenvalue weighted by Gasteiger charge is -2.46. The molecule has 156 valence electrons. The predicted molar refractivity (Wildman–Crippen MR) is 106 cm³/mol. The van der Waals surface area contributed by atoms with Crippen molar-refractivity contribution >= 4 is 5.91 Å². The minimum atomic E-state index is -0.442. The number of nitrogens with zero attached hydrogens (tertiary/aromatic N) is 3. The molecule has 1 N–H and O–H groups in total. The number of hydrogen-bond acceptors (Lipinski definition) is 5. The Balaban J connectivity index is 1.41.